The van der Waals surface area contributed by atoms with Gasteiger partial charge < -0.3 is 15.7 Å². The van der Waals surface area contributed by atoms with E-state index in [4.69, 9.17) is 16.7 Å². The van der Waals surface area contributed by atoms with Gasteiger partial charge in [-0.15, -0.1) is 0 Å². The second kappa shape index (κ2) is 7.78. The number of halogens is 3. The molecule has 116 valence electrons. The number of nitrogens with one attached hydrogen (secondary N) is 2. The zero-order valence-corrected chi connectivity index (χ0v) is 12.0. The van der Waals surface area contributed by atoms with Crippen LogP contribution in [0.15, 0.2) is 12.1 Å². The fourth-order valence-corrected chi connectivity index (χ4v) is 1.94. The third-order valence-electron chi connectivity index (χ3n) is 2.74. The summed E-state index contributed by atoms with van der Waals surface area (Å²) in [4.78, 5) is 22.5. The molecule has 1 atom stereocenters. The number of anilines is 1. The van der Waals surface area contributed by atoms with Crippen LogP contribution in [-0.4, -0.2) is 23.7 Å². The Morgan fingerprint density at radius 3 is 2.57 bits per heavy atom. The molecule has 1 unspecified atom stereocenters. The SMILES string of the molecule is CCCC(CNC(=O)Nc1c(F)cc(F)cc1Cl)C(=O)O. The van der Waals surface area contributed by atoms with Crippen molar-refractivity contribution in [3.05, 3.63) is 28.8 Å². The highest BCUT2D eigenvalue weighted by Crippen LogP contribution is 2.26. The van der Waals surface area contributed by atoms with Gasteiger partial charge in [-0.1, -0.05) is 24.9 Å². The molecule has 1 aromatic rings. The lowest BCUT2D eigenvalue weighted by Crippen LogP contribution is -2.36. The van der Waals surface area contributed by atoms with E-state index < -0.39 is 29.6 Å². The van der Waals surface area contributed by atoms with Crippen molar-refractivity contribution >= 4 is 29.3 Å². The monoisotopic (exact) mass is 320 g/mol. The van der Waals surface area contributed by atoms with Crippen LogP contribution in [0, 0.1) is 17.6 Å². The van der Waals surface area contributed by atoms with Gasteiger partial charge in [-0.25, -0.2) is 13.6 Å². The third-order valence-corrected chi connectivity index (χ3v) is 3.04. The Labute approximate surface area is 125 Å². The molecule has 0 bridgehead atoms. The molecule has 0 saturated heterocycles. The van der Waals surface area contributed by atoms with Crippen molar-refractivity contribution in [3.63, 3.8) is 0 Å². The molecule has 5 nitrogen and oxygen atoms in total. The van der Waals surface area contributed by atoms with E-state index in [0.29, 0.717) is 18.9 Å². The van der Waals surface area contributed by atoms with Gasteiger partial charge in [0, 0.05) is 12.6 Å². The van der Waals surface area contributed by atoms with Crippen molar-refractivity contribution in [3.8, 4) is 0 Å². The summed E-state index contributed by atoms with van der Waals surface area (Å²) in [6.45, 7) is 1.72. The average molecular weight is 321 g/mol. The van der Waals surface area contributed by atoms with E-state index in [1.54, 1.807) is 0 Å². The number of carbonyl (C=O) groups is 2. The van der Waals surface area contributed by atoms with Gasteiger partial charge in [-0.05, 0) is 12.5 Å². The van der Waals surface area contributed by atoms with Crippen molar-refractivity contribution in [2.75, 3.05) is 11.9 Å². The summed E-state index contributed by atoms with van der Waals surface area (Å²) in [6.07, 6.45) is 1.06. The van der Waals surface area contributed by atoms with Crippen LogP contribution < -0.4 is 10.6 Å². The summed E-state index contributed by atoms with van der Waals surface area (Å²) < 4.78 is 26.3. The number of carbonyl (C=O) groups excluding carboxylic acids is 1. The molecule has 0 saturated carbocycles. The zero-order valence-electron chi connectivity index (χ0n) is 11.3. The van der Waals surface area contributed by atoms with Crippen molar-refractivity contribution in [1.29, 1.82) is 0 Å². The zero-order chi connectivity index (χ0) is 16.0. The quantitative estimate of drug-likeness (QED) is 0.753. The summed E-state index contributed by atoms with van der Waals surface area (Å²) in [7, 11) is 0. The summed E-state index contributed by atoms with van der Waals surface area (Å²) in [5, 5.41) is 13.1. The number of benzene rings is 1. The normalized spacial score (nSPS) is 11.8. The maximum atomic E-state index is 13.5. The average Bonchev–Trinajstić information content (AvgIpc) is 2.38. The number of hydrogen-bond acceptors (Lipinski definition) is 2. The molecular weight excluding hydrogens is 306 g/mol. The number of carboxylic acids is 1. The lowest BCUT2D eigenvalue weighted by atomic mass is 10.0. The molecule has 2 amide bonds. The summed E-state index contributed by atoms with van der Waals surface area (Å²) in [5.41, 5.74) is -0.363. The summed E-state index contributed by atoms with van der Waals surface area (Å²) in [6, 6.07) is 0.625. The second-order valence-corrected chi connectivity index (χ2v) is 4.81. The van der Waals surface area contributed by atoms with Crippen molar-refractivity contribution in [2.45, 2.75) is 19.8 Å². The maximum Gasteiger partial charge on any atom is 0.319 e. The molecule has 0 heterocycles. The molecular formula is C13H15ClF2N2O3. The number of aliphatic carboxylic acids is 1. The molecule has 0 aromatic heterocycles. The van der Waals surface area contributed by atoms with Crippen molar-refractivity contribution in [1.82, 2.24) is 5.32 Å². The van der Waals surface area contributed by atoms with Crippen LogP contribution in [0.4, 0.5) is 19.3 Å². The Bertz CT molecular complexity index is 517. The van der Waals surface area contributed by atoms with Gasteiger partial charge in [0.2, 0.25) is 0 Å². The van der Waals surface area contributed by atoms with E-state index in [1.165, 1.54) is 0 Å². The van der Waals surface area contributed by atoms with Crippen molar-refractivity contribution in [2.24, 2.45) is 5.92 Å². The lowest BCUT2D eigenvalue weighted by Gasteiger charge is -2.14. The molecule has 0 aliphatic heterocycles. The highest BCUT2D eigenvalue weighted by Gasteiger charge is 2.18. The molecule has 0 fully saturated rings. The van der Waals surface area contributed by atoms with E-state index in [-0.39, 0.29) is 17.3 Å². The number of carboxylic acid groups (broad SMARTS) is 1. The van der Waals surface area contributed by atoms with Crippen LogP contribution in [0.5, 0.6) is 0 Å². The van der Waals surface area contributed by atoms with Crippen LogP contribution in [0.3, 0.4) is 0 Å². The van der Waals surface area contributed by atoms with Crippen LogP contribution in [0.1, 0.15) is 19.8 Å². The number of urea groups is 1. The first kappa shape index (κ1) is 17.2. The minimum Gasteiger partial charge on any atom is -0.481 e. The second-order valence-electron chi connectivity index (χ2n) is 4.40. The molecule has 3 N–H and O–H groups in total. The summed E-state index contributed by atoms with van der Waals surface area (Å²) in [5.74, 6) is -3.63. The Morgan fingerprint density at radius 2 is 2.05 bits per heavy atom. The van der Waals surface area contributed by atoms with Crippen LogP contribution in [0.2, 0.25) is 5.02 Å². The van der Waals surface area contributed by atoms with Crippen molar-refractivity contribution < 1.29 is 23.5 Å². The number of hydrogen-bond donors (Lipinski definition) is 3. The molecule has 1 rings (SSSR count). The van der Waals surface area contributed by atoms with Gasteiger partial charge in [-0.2, -0.15) is 0 Å². The number of rotatable bonds is 6. The first-order chi connectivity index (χ1) is 9.85. The maximum absolute atomic E-state index is 13.5. The minimum absolute atomic E-state index is 0.102. The van der Waals surface area contributed by atoms with Crippen LogP contribution >= 0.6 is 11.6 Å². The first-order valence-electron chi connectivity index (χ1n) is 6.27. The van der Waals surface area contributed by atoms with Crippen LogP contribution in [0.25, 0.3) is 0 Å². The third kappa shape index (κ3) is 5.18. The van der Waals surface area contributed by atoms with E-state index in [9.17, 15) is 18.4 Å². The predicted octanol–water partition coefficient (Wildman–Crippen LogP) is 3.24. The van der Waals surface area contributed by atoms with Crippen LogP contribution in [-0.2, 0) is 4.79 Å². The summed E-state index contributed by atoms with van der Waals surface area (Å²) >= 11 is 5.63. The Morgan fingerprint density at radius 1 is 1.38 bits per heavy atom. The molecule has 0 aliphatic rings. The van der Waals surface area contributed by atoms with Gasteiger partial charge in [0.1, 0.15) is 5.82 Å². The van der Waals surface area contributed by atoms with E-state index in [2.05, 4.69) is 10.6 Å². The van der Waals surface area contributed by atoms with E-state index in [0.717, 1.165) is 6.07 Å². The fraction of sp³-hybridized carbons (Fsp3) is 0.385. The Hall–Kier alpha value is -1.89. The smallest absolute Gasteiger partial charge is 0.319 e. The van der Waals surface area contributed by atoms with Gasteiger partial charge in [0.05, 0.1) is 16.6 Å². The Kier molecular flexibility index (Phi) is 6.36. The van der Waals surface area contributed by atoms with E-state index in [1.807, 2.05) is 6.92 Å². The first-order valence-corrected chi connectivity index (χ1v) is 6.65. The van der Waals surface area contributed by atoms with Gasteiger partial charge in [-0.3, -0.25) is 4.79 Å². The predicted molar refractivity (Wildman–Crippen MR) is 74.4 cm³/mol. The topological polar surface area (TPSA) is 78.4 Å². The molecule has 1 aromatic carbocycles. The highest BCUT2D eigenvalue weighted by atomic mass is 35.5. The number of amides is 2. The molecule has 8 heteroatoms. The van der Waals surface area contributed by atoms with Gasteiger partial charge in [0.25, 0.3) is 0 Å². The lowest BCUT2D eigenvalue weighted by molar-refractivity contribution is -0.141. The largest absolute Gasteiger partial charge is 0.481 e. The van der Waals surface area contributed by atoms with Gasteiger partial charge in [0.15, 0.2) is 5.82 Å². The minimum atomic E-state index is -1.02. The standard InChI is InChI=1S/C13H15ClF2N2O3/c1-2-3-7(12(19)20)6-17-13(21)18-11-9(14)4-8(15)5-10(11)16/h4-5,7H,2-3,6H2,1H3,(H,19,20)(H2,17,18,21). The van der Waals surface area contributed by atoms with Gasteiger partial charge >= 0.3 is 12.0 Å². The Balaban J connectivity index is 2.64. The molecule has 0 aliphatic carbocycles. The van der Waals surface area contributed by atoms with E-state index >= 15 is 0 Å². The molecule has 21 heavy (non-hydrogen) atoms. The highest BCUT2D eigenvalue weighted by molar-refractivity contribution is 6.33. The molecule has 0 radical (unpaired) electrons. The fourth-order valence-electron chi connectivity index (χ4n) is 1.70. The molecule has 0 spiro atoms.